The van der Waals surface area contributed by atoms with Gasteiger partial charge < -0.3 is 5.11 Å². The standard InChI is InChI=1S/C28H34N2O2/c1-3-5-7-9-21-11-13-24(14-12-21)27-29-19-25(20-30-27)22-15-17-23(18-16-22)26(28(31)32)10-8-6-4-2/h11-20,26H,3-10H2,1-2H3,(H,31,32). The van der Waals surface area contributed by atoms with Crippen LogP contribution in [0.2, 0.25) is 0 Å². The minimum absolute atomic E-state index is 0.445. The van der Waals surface area contributed by atoms with E-state index < -0.39 is 11.9 Å². The van der Waals surface area contributed by atoms with Gasteiger partial charge in [-0.3, -0.25) is 4.79 Å². The SMILES string of the molecule is CCCCCc1ccc(-c2ncc(-c3ccc(C(CCCCC)C(=O)O)cc3)cn2)cc1. The summed E-state index contributed by atoms with van der Waals surface area (Å²) in [4.78, 5) is 20.8. The van der Waals surface area contributed by atoms with E-state index in [4.69, 9.17) is 0 Å². The second-order valence-electron chi connectivity index (χ2n) is 8.46. The van der Waals surface area contributed by atoms with Gasteiger partial charge in [0.25, 0.3) is 0 Å². The minimum Gasteiger partial charge on any atom is -0.481 e. The summed E-state index contributed by atoms with van der Waals surface area (Å²) in [6.07, 6.45) is 12.3. The van der Waals surface area contributed by atoms with Gasteiger partial charge in [-0.15, -0.1) is 0 Å². The summed E-state index contributed by atoms with van der Waals surface area (Å²) in [5, 5.41) is 9.60. The zero-order chi connectivity index (χ0) is 22.8. The van der Waals surface area contributed by atoms with Gasteiger partial charge in [0.1, 0.15) is 0 Å². The number of carboxylic acids is 1. The fraction of sp³-hybridized carbons (Fsp3) is 0.393. The van der Waals surface area contributed by atoms with Gasteiger partial charge in [-0.25, -0.2) is 9.97 Å². The molecule has 3 aromatic rings. The van der Waals surface area contributed by atoms with Crippen LogP contribution in [0.3, 0.4) is 0 Å². The maximum Gasteiger partial charge on any atom is 0.310 e. The number of aromatic nitrogens is 2. The number of hydrogen-bond donors (Lipinski definition) is 1. The van der Waals surface area contributed by atoms with Gasteiger partial charge >= 0.3 is 5.97 Å². The summed E-state index contributed by atoms with van der Waals surface area (Å²) >= 11 is 0. The van der Waals surface area contributed by atoms with Crippen molar-refractivity contribution in [1.82, 2.24) is 9.97 Å². The first kappa shape index (κ1) is 23.6. The number of aryl methyl sites for hydroxylation is 1. The van der Waals surface area contributed by atoms with Crippen molar-refractivity contribution in [3.05, 3.63) is 72.1 Å². The zero-order valence-corrected chi connectivity index (χ0v) is 19.3. The van der Waals surface area contributed by atoms with E-state index in [2.05, 4.69) is 48.1 Å². The van der Waals surface area contributed by atoms with E-state index in [1.165, 1.54) is 24.8 Å². The Labute approximate surface area is 191 Å². The lowest BCUT2D eigenvalue weighted by Crippen LogP contribution is -2.11. The molecule has 1 N–H and O–H groups in total. The summed E-state index contributed by atoms with van der Waals surface area (Å²) < 4.78 is 0. The second kappa shape index (κ2) is 12.1. The number of benzene rings is 2. The van der Waals surface area contributed by atoms with Crippen LogP contribution >= 0.6 is 0 Å². The third kappa shape index (κ3) is 6.49. The zero-order valence-electron chi connectivity index (χ0n) is 19.3. The van der Waals surface area contributed by atoms with E-state index in [-0.39, 0.29) is 0 Å². The van der Waals surface area contributed by atoms with Crippen molar-refractivity contribution in [2.45, 2.75) is 71.1 Å². The molecular weight excluding hydrogens is 396 g/mol. The van der Waals surface area contributed by atoms with Gasteiger partial charge in [0.2, 0.25) is 0 Å². The summed E-state index contributed by atoms with van der Waals surface area (Å²) in [7, 11) is 0. The molecule has 0 saturated carbocycles. The van der Waals surface area contributed by atoms with Crippen LogP contribution in [0.4, 0.5) is 0 Å². The molecule has 4 nitrogen and oxygen atoms in total. The van der Waals surface area contributed by atoms with Gasteiger partial charge in [0.05, 0.1) is 5.92 Å². The Morgan fingerprint density at radius 1 is 0.781 bits per heavy atom. The molecule has 3 rings (SSSR count). The minimum atomic E-state index is -0.752. The molecule has 1 atom stereocenters. The molecule has 1 heterocycles. The number of unbranched alkanes of at least 4 members (excludes halogenated alkanes) is 4. The molecule has 168 valence electrons. The van der Waals surface area contributed by atoms with E-state index in [9.17, 15) is 9.90 Å². The topological polar surface area (TPSA) is 63.1 Å². The van der Waals surface area contributed by atoms with Crippen LogP contribution in [-0.4, -0.2) is 21.0 Å². The quantitative estimate of drug-likeness (QED) is 0.306. The summed E-state index contributed by atoms with van der Waals surface area (Å²) in [5.74, 6) is -0.482. The molecule has 0 saturated heterocycles. The monoisotopic (exact) mass is 430 g/mol. The maximum absolute atomic E-state index is 11.7. The molecule has 0 aliphatic carbocycles. The first-order valence-corrected chi connectivity index (χ1v) is 11.9. The molecule has 0 spiro atoms. The lowest BCUT2D eigenvalue weighted by molar-refractivity contribution is -0.139. The van der Waals surface area contributed by atoms with Crippen LogP contribution in [0.25, 0.3) is 22.5 Å². The molecule has 32 heavy (non-hydrogen) atoms. The molecule has 1 aromatic heterocycles. The Morgan fingerprint density at radius 2 is 1.38 bits per heavy atom. The highest BCUT2D eigenvalue weighted by atomic mass is 16.4. The smallest absolute Gasteiger partial charge is 0.310 e. The van der Waals surface area contributed by atoms with E-state index in [0.717, 1.165) is 47.9 Å². The third-order valence-electron chi connectivity index (χ3n) is 5.97. The van der Waals surface area contributed by atoms with Crippen LogP contribution in [0.5, 0.6) is 0 Å². The predicted molar refractivity (Wildman–Crippen MR) is 131 cm³/mol. The highest BCUT2D eigenvalue weighted by Gasteiger charge is 2.19. The fourth-order valence-electron chi connectivity index (χ4n) is 3.96. The van der Waals surface area contributed by atoms with Crippen LogP contribution in [-0.2, 0) is 11.2 Å². The number of aliphatic carboxylic acids is 1. The average molecular weight is 431 g/mol. The molecular formula is C28H34N2O2. The number of carboxylic acid groups (broad SMARTS) is 1. The summed E-state index contributed by atoms with van der Waals surface area (Å²) in [5.41, 5.74) is 5.14. The Kier molecular flexibility index (Phi) is 8.97. The number of nitrogens with zero attached hydrogens (tertiary/aromatic N) is 2. The van der Waals surface area contributed by atoms with E-state index in [1.54, 1.807) is 0 Å². The van der Waals surface area contributed by atoms with Gasteiger partial charge in [-0.05, 0) is 36.0 Å². The second-order valence-corrected chi connectivity index (χ2v) is 8.46. The van der Waals surface area contributed by atoms with Crippen LogP contribution in [0.1, 0.15) is 75.8 Å². The van der Waals surface area contributed by atoms with Crippen molar-refractivity contribution in [2.75, 3.05) is 0 Å². The van der Waals surface area contributed by atoms with Crippen molar-refractivity contribution in [1.29, 1.82) is 0 Å². The van der Waals surface area contributed by atoms with E-state index >= 15 is 0 Å². The highest BCUT2D eigenvalue weighted by molar-refractivity contribution is 5.76. The van der Waals surface area contributed by atoms with Crippen molar-refractivity contribution in [3.8, 4) is 22.5 Å². The normalized spacial score (nSPS) is 11.9. The first-order chi connectivity index (χ1) is 15.6. The summed E-state index contributed by atoms with van der Waals surface area (Å²) in [6, 6.07) is 16.3. The Bertz CT molecular complexity index is 964. The van der Waals surface area contributed by atoms with Crippen molar-refractivity contribution in [2.24, 2.45) is 0 Å². The molecule has 2 aromatic carbocycles. The highest BCUT2D eigenvalue weighted by Crippen LogP contribution is 2.27. The molecule has 0 bridgehead atoms. The molecule has 0 fully saturated rings. The van der Waals surface area contributed by atoms with Crippen LogP contribution < -0.4 is 0 Å². The number of hydrogen-bond acceptors (Lipinski definition) is 3. The molecule has 0 amide bonds. The van der Waals surface area contributed by atoms with Crippen molar-refractivity contribution in [3.63, 3.8) is 0 Å². The number of rotatable bonds is 12. The van der Waals surface area contributed by atoms with Crippen molar-refractivity contribution < 1.29 is 9.90 Å². The Hall–Kier alpha value is -3.01. The first-order valence-electron chi connectivity index (χ1n) is 11.9. The molecule has 0 aliphatic heterocycles. The predicted octanol–water partition coefficient (Wildman–Crippen LogP) is 7.29. The van der Waals surface area contributed by atoms with Gasteiger partial charge in [0.15, 0.2) is 5.82 Å². The molecule has 0 aliphatic rings. The summed E-state index contributed by atoms with van der Waals surface area (Å²) in [6.45, 7) is 4.35. The number of carbonyl (C=O) groups is 1. The van der Waals surface area contributed by atoms with Crippen LogP contribution in [0, 0.1) is 0 Å². The van der Waals surface area contributed by atoms with E-state index in [1.807, 2.05) is 36.7 Å². The molecule has 1 unspecified atom stereocenters. The lowest BCUT2D eigenvalue weighted by Gasteiger charge is -2.13. The van der Waals surface area contributed by atoms with Gasteiger partial charge in [-0.2, -0.15) is 0 Å². The maximum atomic E-state index is 11.7. The largest absolute Gasteiger partial charge is 0.481 e. The van der Waals surface area contributed by atoms with Crippen molar-refractivity contribution >= 4 is 5.97 Å². The Balaban J connectivity index is 1.67. The van der Waals surface area contributed by atoms with Gasteiger partial charge in [-0.1, -0.05) is 94.5 Å². The Morgan fingerprint density at radius 3 is 1.97 bits per heavy atom. The van der Waals surface area contributed by atoms with Gasteiger partial charge in [0, 0.05) is 23.5 Å². The van der Waals surface area contributed by atoms with E-state index in [0.29, 0.717) is 12.2 Å². The average Bonchev–Trinajstić information content (AvgIpc) is 2.83. The lowest BCUT2D eigenvalue weighted by atomic mass is 9.92. The third-order valence-corrected chi connectivity index (χ3v) is 5.97. The van der Waals surface area contributed by atoms with Crippen LogP contribution in [0.15, 0.2) is 60.9 Å². The molecule has 0 radical (unpaired) electrons. The fourth-order valence-corrected chi connectivity index (χ4v) is 3.96. The molecule has 4 heteroatoms.